The topological polar surface area (TPSA) is 146 Å². The molecule has 2 amide bonds. The fraction of sp³-hybridized carbons (Fsp3) is 0.500. The molecule has 14 nitrogen and oxygen atoms in total. The van der Waals surface area contributed by atoms with E-state index in [1.165, 1.54) is 12.4 Å². The van der Waals surface area contributed by atoms with E-state index in [-0.39, 0.29) is 34.9 Å². The molecule has 2 fully saturated rings. The van der Waals surface area contributed by atoms with Gasteiger partial charge in [0, 0.05) is 112 Å². The molecule has 0 radical (unpaired) electrons. The van der Waals surface area contributed by atoms with Crippen LogP contribution in [-0.2, 0) is 36.0 Å². The number of aromatic carboxylic acids is 1. The smallest absolute Gasteiger partial charge is 0.338 e. The van der Waals surface area contributed by atoms with Gasteiger partial charge in [0.05, 0.1) is 24.3 Å². The number of benzene rings is 1. The van der Waals surface area contributed by atoms with Gasteiger partial charge < -0.3 is 24.7 Å². The number of hydrogen-bond acceptors (Lipinski definition) is 9. The van der Waals surface area contributed by atoms with Crippen molar-refractivity contribution in [1.82, 2.24) is 39.3 Å². The Balaban J connectivity index is 1.00. The molecule has 54 heavy (non-hydrogen) atoms. The molecule has 4 aromatic rings. The summed E-state index contributed by atoms with van der Waals surface area (Å²) >= 11 is 0. The summed E-state index contributed by atoms with van der Waals surface area (Å²) in [6.45, 7) is 5.62. The Hall–Kier alpha value is -5.41. The second-order valence-corrected chi connectivity index (χ2v) is 14.8. The third-order valence-electron chi connectivity index (χ3n) is 11.5. The van der Waals surface area contributed by atoms with Crippen molar-refractivity contribution in [3.8, 4) is 11.1 Å². The molecule has 0 atom stereocenters. The average molecular weight is 743 g/mol. The van der Waals surface area contributed by atoms with Crippen molar-refractivity contribution < 1.29 is 28.3 Å². The van der Waals surface area contributed by atoms with Gasteiger partial charge in [-0.25, -0.2) is 23.5 Å². The maximum atomic E-state index is 14.6. The molecule has 0 aliphatic carbocycles. The number of likely N-dealkylation sites (tertiary alicyclic amines) is 1. The van der Waals surface area contributed by atoms with Crippen molar-refractivity contribution in [3.63, 3.8) is 0 Å². The molecule has 8 rings (SSSR count). The first-order valence-electron chi connectivity index (χ1n) is 18.7. The molecule has 4 aliphatic rings. The lowest BCUT2D eigenvalue weighted by atomic mass is 9.92. The van der Waals surface area contributed by atoms with Gasteiger partial charge in [-0.15, -0.1) is 0 Å². The number of rotatable bonds is 7. The zero-order valence-electron chi connectivity index (χ0n) is 30.5. The summed E-state index contributed by atoms with van der Waals surface area (Å²) in [6, 6.07) is 3.56. The lowest BCUT2D eigenvalue weighted by Gasteiger charge is -2.38. The van der Waals surface area contributed by atoms with E-state index in [2.05, 4.69) is 24.6 Å². The van der Waals surface area contributed by atoms with Gasteiger partial charge >= 0.3 is 5.97 Å². The van der Waals surface area contributed by atoms with Crippen LogP contribution < -0.4 is 9.80 Å². The molecule has 0 saturated carbocycles. The van der Waals surface area contributed by atoms with Crippen molar-refractivity contribution in [1.29, 1.82) is 0 Å². The number of fused-ring (bicyclic) bond motifs is 2. The van der Waals surface area contributed by atoms with E-state index < -0.39 is 12.4 Å². The minimum Gasteiger partial charge on any atom is -0.478 e. The Labute approximate surface area is 311 Å². The van der Waals surface area contributed by atoms with E-state index in [0.717, 1.165) is 54.0 Å². The first kappa shape index (κ1) is 35.6. The second-order valence-electron chi connectivity index (χ2n) is 14.8. The van der Waals surface area contributed by atoms with Crippen LogP contribution in [0.25, 0.3) is 11.1 Å². The van der Waals surface area contributed by atoms with Gasteiger partial charge in [-0.05, 0) is 61.8 Å². The molecular formula is C38H44F2N10O4. The summed E-state index contributed by atoms with van der Waals surface area (Å²) in [7, 11) is 1.77. The molecule has 0 bridgehead atoms. The normalized spacial score (nSPS) is 18.2. The molecule has 1 aromatic carbocycles. The molecule has 284 valence electrons. The van der Waals surface area contributed by atoms with Gasteiger partial charge in [-0.2, -0.15) is 10.2 Å². The maximum Gasteiger partial charge on any atom is 0.338 e. The first-order valence-corrected chi connectivity index (χ1v) is 18.7. The Bertz CT molecular complexity index is 2070. The molecule has 4 aliphatic heterocycles. The summed E-state index contributed by atoms with van der Waals surface area (Å²) in [5.74, 6) is 0.155. The monoisotopic (exact) mass is 742 g/mol. The second kappa shape index (κ2) is 14.4. The number of carboxylic acid groups (broad SMARTS) is 1. The number of aromatic nitrogens is 6. The number of amides is 2. The fourth-order valence-electron chi connectivity index (χ4n) is 8.59. The Kier molecular flexibility index (Phi) is 9.52. The molecule has 2 saturated heterocycles. The predicted octanol–water partition coefficient (Wildman–Crippen LogP) is 4.78. The number of hydrogen-bond donors (Lipinski definition) is 1. The molecule has 0 unspecified atom stereocenters. The van der Waals surface area contributed by atoms with Crippen LogP contribution in [0.2, 0.25) is 0 Å². The van der Waals surface area contributed by atoms with E-state index in [1.54, 1.807) is 37.1 Å². The minimum absolute atomic E-state index is 0.0132. The number of aryl methyl sites for hydroxylation is 2. The zero-order chi connectivity index (χ0) is 37.7. The highest BCUT2D eigenvalue weighted by Gasteiger charge is 2.37. The Morgan fingerprint density at radius 2 is 1.65 bits per heavy atom. The summed E-state index contributed by atoms with van der Waals surface area (Å²) in [6.07, 6.45) is 8.33. The quantitative estimate of drug-likeness (QED) is 0.281. The van der Waals surface area contributed by atoms with E-state index >= 15 is 0 Å². The third kappa shape index (κ3) is 6.66. The molecule has 0 spiro atoms. The van der Waals surface area contributed by atoms with Crippen molar-refractivity contribution in [2.24, 2.45) is 13.0 Å². The van der Waals surface area contributed by atoms with Crippen LogP contribution in [0, 0.1) is 5.92 Å². The van der Waals surface area contributed by atoms with E-state index in [0.29, 0.717) is 82.2 Å². The SMILES string of the molecule is CC(=O)N1CCc2c(c(N3CCCc4cc(-c5cnn(C)c5)c(C(F)F)cc43)nn2C2CCN(C(=O)C3CCN(c4ncc(C(=O)O)cn4)CC3)CC2)C1. The lowest BCUT2D eigenvalue weighted by Crippen LogP contribution is -2.46. The van der Waals surface area contributed by atoms with Gasteiger partial charge in [0.15, 0.2) is 5.82 Å². The predicted molar refractivity (Wildman–Crippen MR) is 195 cm³/mol. The highest BCUT2D eigenvalue weighted by molar-refractivity contribution is 5.87. The summed E-state index contributed by atoms with van der Waals surface area (Å²) in [5, 5.41) is 18.6. The van der Waals surface area contributed by atoms with E-state index in [9.17, 15) is 23.2 Å². The zero-order valence-corrected chi connectivity index (χ0v) is 30.5. The van der Waals surface area contributed by atoms with Gasteiger partial charge in [0.25, 0.3) is 6.43 Å². The van der Waals surface area contributed by atoms with Crippen LogP contribution >= 0.6 is 0 Å². The number of halogens is 2. The fourth-order valence-corrected chi connectivity index (χ4v) is 8.59. The highest BCUT2D eigenvalue weighted by Crippen LogP contribution is 2.44. The number of carboxylic acids is 1. The van der Waals surface area contributed by atoms with Crippen LogP contribution in [0.4, 0.5) is 26.2 Å². The number of alkyl halides is 2. The van der Waals surface area contributed by atoms with E-state index in [1.807, 2.05) is 20.8 Å². The molecule has 3 aromatic heterocycles. The molecule has 1 N–H and O–H groups in total. The Morgan fingerprint density at radius 1 is 0.907 bits per heavy atom. The van der Waals surface area contributed by atoms with E-state index in [4.69, 9.17) is 10.2 Å². The van der Waals surface area contributed by atoms with Gasteiger partial charge in [0.1, 0.15) is 0 Å². The van der Waals surface area contributed by atoms with Gasteiger partial charge in [-0.1, -0.05) is 0 Å². The van der Waals surface area contributed by atoms with Crippen molar-refractivity contribution >= 4 is 35.2 Å². The number of carbonyl (C=O) groups excluding carboxylic acids is 2. The van der Waals surface area contributed by atoms with Gasteiger partial charge in [0.2, 0.25) is 17.8 Å². The van der Waals surface area contributed by atoms with Crippen LogP contribution in [0.3, 0.4) is 0 Å². The molecular weight excluding hydrogens is 698 g/mol. The van der Waals surface area contributed by atoms with Crippen LogP contribution in [0.15, 0.2) is 36.9 Å². The number of carbonyl (C=O) groups is 3. The molecule has 16 heteroatoms. The largest absolute Gasteiger partial charge is 0.478 e. The van der Waals surface area contributed by atoms with Crippen molar-refractivity contribution in [2.45, 2.75) is 70.9 Å². The maximum absolute atomic E-state index is 14.6. The molecule has 7 heterocycles. The average Bonchev–Trinajstić information content (AvgIpc) is 3.80. The first-order chi connectivity index (χ1) is 26.0. The van der Waals surface area contributed by atoms with Crippen LogP contribution in [0.1, 0.15) is 84.2 Å². The standard InChI is InChI=1S/C38H44F2N10O4/c1-23(51)48-15-9-32-31(22-48)35(49-10-3-4-25-16-29(27-20-43-45(2)21-27)30(34(39)40)17-33(25)49)44-50(32)28-7-13-46(14-8-28)36(52)24-5-11-47(12-6-24)38-41-18-26(19-42-38)37(53)54/h16-21,24,28,34H,3-15,22H2,1-2H3,(H,53,54). The minimum atomic E-state index is -2.68. The number of anilines is 3. The Morgan fingerprint density at radius 3 is 2.30 bits per heavy atom. The van der Waals surface area contributed by atoms with Crippen LogP contribution in [0.5, 0.6) is 0 Å². The van der Waals surface area contributed by atoms with Crippen LogP contribution in [-0.4, -0.2) is 101 Å². The number of piperidine rings is 2. The summed E-state index contributed by atoms with van der Waals surface area (Å²) in [5.41, 5.74) is 4.88. The number of nitrogens with zero attached hydrogens (tertiary/aromatic N) is 10. The summed E-state index contributed by atoms with van der Waals surface area (Å²) in [4.78, 5) is 53.7. The third-order valence-corrected chi connectivity index (χ3v) is 11.5. The lowest BCUT2D eigenvalue weighted by molar-refractivity contribution is -0.137. The van der Waals surface area contributed by atoms with Crippen molar-refractivity contribution in [2.75, 3.05) is 49.1 Å². The summed E-state index contributed by atoms with van der Waals surface area (Å²) < 4.78 is 33.0. The van der Waals surface area contributed by atoms with Crippen molar-refractivity contribution in [3.05, 3.63) is 64.9 Å². The van der Waals surface area contributed by atoms with Gasteiger partial charge in [-0.3, -0.25) is 19.0 Å². The highest BCUT2D eigenvalue weighted by atomic mass is 19.3.